The van der Waals surface area contributed by atoms with Gasteiger partial charge >= 0.3 is 5.97 Å². The number of para-hydroxylation sites is 1. The van der Waals surface area contributed by atoms with Gasteiger partial charge in [0.1, 0.15) is 10.8 Å². The van der Waals surface area contributed by atoms with Crippen LogP contribution in [0.2, 0.25) is 0 Å². The molecule has 0 atom stereocenters. The summed E-state index contributed by atoms with van der Waals surface area (Å²) in [5, 5.41) is 3.71. The first-order valence-corrected chi connectivity index (χ1v) is 12.5. The molecule has 0 fully saturated rings. The van der Waals surface area contributed by atoms with Crippen molar-refractivity contribution in [3.05, 3.63) is 62.8 Å². The Morgan fingerprint density at radius 3 is 2.76 bits per heavy atom. The normalized spacial score (nSPS) is 12.8. The summed E-state index contributed by atoms with van der Waals surface area (Å²) in [6.07, 6.45) is 3.78. The number of nitrogens with two attached hydrogens (primary N) is 1. The molecule has 3 N–H and O–H groups in total. The Kier molecular flexibility index (Phi) is 7.14. The highest BCUT2D eigenvalue weighted by Crippen LogP contribution is 2.38. The second-order valence-corrected chi connectivity index (χ2v) is 9.49. The van der Waals surface area contributed by atoms with Crippen LogP contribution in [-0.4, -0.2) is 33.8 Å². The maximum Gasteiger partial charge on any atom is 0.341 e. The number of benzene rings is 1. The smallest absolute Gasteiger partial charge is 0.341 e. The summed E-state index contributed by atoms with van der Waals surface area (Å²) in [4.78, 5) is 42.6. The highest BCUT2D eigenvalue weighted by molar-refractivity contribution is 7.99. The van der Waals surface area contributed by atoms with Gasteiger partial charge in [-0.2, -0.15) is 4.98 Å². The number of fused-ring (bicyclic) bond motifs is 1. The van der Waals surface area contributed by atoms with Gasteiger partial charge in [0.05, 0.1) is 17.9 Å². The molecule has 0 radical (unpaired) electrons. The van der Waals surface area contributed by atoms with E-state index in [1.165, 1.54) is 17.4 Å². The number of nitrogens with zero attached hydrogens (tertiary/aromatic N) is 2. The van der Waals surface area contributed by atoms with E-state index in [0.717, 1.165) is 53.6 Å². The van der Waals surface area contributed by atoms with E-state index in [1.807, 2.05) is 30.3 Å². The van der Waals surface area contributed by atoms with Crippen molar-refractivity contribution in [2.75, 3.05) is 23.4 Å². The number of esters is 1. The molecular weight excluding hydrogens is 460 g/mol. The molecule has 1 aliphatic rings. The van der Waals surface area contributed by atoms with Crippen molar-refractivity contribution >= 4 is 45.8 Å². The van der Waals surface area contributed by atoms with Crippen molar-refractivity contribution in [3.63, 3.8) is 0 Å². The lowest BCUT2D eigenvalue weighted by Gasteiger charge is -2.14. The lowest BCUT2D eigenvalue weighted by atomic mass is 9.95. The fraction of sp³-hybridized carbons (Fsp3) is 0.304. The highest BCUT2D eigenvalue weighted by atomic mass is 32.2. The molecule has 8 nitrogen and oxygen atoms in total. The third kappa shape index (κ3) is 5.12. The summed E-state index contributed by atoms with van der Waals surface area (Å²) in [5.74, 6) is -0.483. The largest absolute Gasteiger partial charge is 0.462 e. The zero-order valence-electron chi connectivity index (χ0n) is 18.1. The third-order valence-electron chi connectivity index (χ3n) is 5.18. The van der Waals surface area contributed by atoms with Crippen LogP contribution >= 0.6 is 23.1 Å². The Labute approximate surface area is 199 Å². The second-order valence-electron chi connectivity index (χ2n) is 7.45. The minimum Gasteiger partial charge on any atom is -0.462 e. The number of ether oxygens (including phenoxy) is 1. The molecule has 172 valence electrons. The highest BCUT2D eigenvalue weighted by Gasteiger charge is 2.27. The van der Waals surface area contributed by atoms with Gasteiger partial charge in [0.2, 0.25) is 5.91 Å². The summed E-state index contributed by atoms with van der Waals surface area (Å²) < 4.78 is 6.88. The number of carbonyl (C=O) groups excluding carboxylic acids is 2. The Bertz CT molecular complexity index is 1240. The van der Waals surface area contributed by atoms with Crippen LogP contribution in [0.1, 0.15) is 40.6 Å². The molecule has 0 unspecified atom stereocenters. The Balaban J connectivity index is 1.55. The average Bonchev–Trinajstić information content (AvgIpc) is 3.16. The predicted molar refractivity (Wildman–Crippen MR) is 131 cm³/mol. The molecule has 0 aliphatic heterocycles. The van der Waals surface area contributed by atoms with Crippen molar-refractivity contribution in [3.8, 4) is 5.69 Å². The Morgan fingerprint density at radius 1 is 1.24 bits per heavy atom. The number of aryl methyl sites for hydroxylation is 1. The first-order valence-electron chi connectivity index (χ1n) is 10.7. The van der Waals surface area contributed by atoms with E-state index in [-0.39, 0.29) is 24.1 Å². The molecule has 0 saturated heterocycles. The van der Waals surface area contributed by atoms with Crippen molar-refractivity contribution < 1.29 is 14.3 Å². The van der Waals surface area contributed by atoms with Gasteiger partial charge < -0.3 is 15.8 Å². The van der Waals surface area contributed by atoms with E-state index >= 15 is 0 Å². The van der Waals surface area contributed by atoms with Crippen molar-refractivity contribution in [1.29, 1.82) is 0 Å². The molecule has 2 heterocycles. The van der Waals surface area contributed by atoms with Crippen molar-refractivity contribution in [2.24, 2.45) is 0 Å². The van der Waals surface area contributed by atoms with Gasteiger partial charge in [0.25, 0.3) is 5.56 Å². The zero-order chi connectivity index (χ0) is 23.4. The summed E-state index contributed by atoms with van der Waals surface area (Å²) in [7, 11) is 0. The minimum atomic E-state index is -0.474. The summed E-state index contributed by atoms with van der Waals surface area (Å²) in [5.41, 5.74) is 7.80. The van der Waals surface area contributed by atoms with E-state index < -0.39 is 11.5 Å². The molecule has 33 heavy (non-hydrogen) atoms. The molecule has 0 saturated carbocycles. The number of hydrogen-bond acceptors (Lipinski definition) is 8. The van der Waals surface area contributed by atoms with Crippen molar-refractivity contribution in [2.45, 2.75) is 37.8 Å². The number of anilines is 2. The molecule has 3 aromatic rings. The lowest BCUT2D eigenvalue weighted by Crippen LogP contribution is -2.20. The van der Waals surface area contributed by atoms with E-state index in [0.29, 0.717) is 15.7 Å². The Morgan fingerprint density at radius 2 is 2.00 bits per heavy atom. The monoisotopic (exact) mass is 484 g/mol. The number of hydrogen-bond donors (Lipinski definition) is 2. The molecule has 4 rings (SSSR count). The van der Waals surface area contributed by atoms with Gasteiger partial charge in [-0.05, 0) is 50.3 Å². The zero-order valence-corrected chi connectivity index (χ0v) is 19.8. The summed E-state index contributed by atoms with van der Waals surface area (Å²) in [6, 6.07) is 10.5. The summed E-state index contributed by atoms with van der Waals surface area (Å²) >= 11 is 2.54. The maximum atomic E-state index is 12.8. The van der Waals surface area contributed by atoms with Crippen LogP contribution in [0.4, 0.5) is 10.8 Å². The number of nitrogens with one attached hydrogen (secondary N) is 1. The molecule has 1 amide bonds. The van der Waals surface area contributed by atoms with Gasteiger partial charge in [0.15, 0.2) is 5.16 Å². The lowest BCUT2D eigenvalue weighted by molar-refractivity contribution is -0.113. The number of amides is 1. The molecule has 1 aliphatic carbocycles. The molecule has 1 aromatic carbocycles. The first kappa shape index (κ1) is 23.1. The molecule has 10 heteroatoms. The van der Waals surface area contributed by atoms with Gasteiger partial charge in [0, 0.05) is 16.6 Å². The molecule has 0 spiro atoms. The maximum absolute atomic E-state index is 12.8. The summed E-state index contributed by atoms with van der Waals surface area (Å²) in [6.45, 7) is 2.03. The number of thiophene rings is 1. The minimum absolute atomic E-state index is 0.00639. The fourth-order valence-electron chi connectivity index (χ4n) is 3.78. The van der Waals surface area contributed by atoms with Crippen LogP contribution in [0.5, 0.6) is 0 Å². The second kappa shape index (κ2) is 10.2. The van der Waals surface area contributed by atoms with E-state index in [4.69, 9.17) is 10.5 Å². The third-order valence-corrected chi connectivity index (χ3v) is 7.32. The Hall–Kier alpha value is -3.11. The van der Waals surface area contributed by atoms with E-state index in [9.17, 15) is 14.4 Å². The van der Waals surface area contributed by atoms with Crippen LogP contribution in [0.15, 0.2) is 46.3 Å². The molecule has 2 aromatic heterocycles. The number of carbonyl (C=O) groups is 2. The fourth-order valence-corrected chi connectivity index (χ4v) is 5.90. The molecule has 0 bridgehead atoms. The van der Waals surface area contributed by atoms with E-state index in [2.05, 4.69) is 10.3 Å². The topological polar surface area (TPSA) is 116 Å². The van der Waals surface area contributed by atoms with Gasteiger partial charge in [-0.15, -0.1) is 11.3 Å². The van der Waals surface area contributed by atoms with Crippen molar-refractivity contribution in [1.82, 2.24) is 9.55 Å². The number of aromatic nitrogens is 2. The molecular formula is C23H24N4O4S2. The van der Waals surface area contributed by atoms with Crippen LogP contribution in [-0.2, 0) is 22.4 Å². The predicted octanol–water partition coefficient (Wildman–Crippen LogP) is 3.66. The standard InChI is InChI=1S/C23H24N4O4S2/c1-2-31-22(30)20-15-10-6-7-11-16(15)33-21(20)25-19(29)13-32-23-26-18(28)12-17(24)27(23)14-8-4-3-5-9-14/h3-5,8-9,12H,2,6-7,10-11,13,24H2,1H3,(H,25,29). The number of thioether (sulfide) groups is 1. The SMILES string of the molecule is CCOC(=O)c1c(NC(=O)CSc2nc(=O)cc(N)n2-c2ccccc2)sc2c1CCCC2. The van der Waals surface area contributed by atoms with Gasteiger partial charge in [-0.1, -0.05) is 30.0 Å². The average molecular weight is 485 g/mol. The number of rotatable bonds is 7. The number of nitrogen functional groups attached to an aromatic ring is 1. The first-order chi connectivity index (χ1) is 16.0. The van der Waals surface area contributed by atoms with Crippen LogP contribution in [0.25, 0.3) is 5.69 Å². The van der Waals surface area contributed by atoms with Crippen LogP contribution in [0.3, 0.4) is 0 Å². The van der Waals surface area contributed by atoms with E-state index in [1.54, 1.807) is 11.5 Å². The van der Waals surface area contributed by atoms with Gasteiger partial charge in [-0.3, -0.25) is 14.2 Å². The van der Waals surface area contributed by atoms with Gasteiger partial charge in [-0.25, -0.2) is 4.79 Å². The van der Waals surface area contributed by atoms with Crippen LogP contribution < -0.4 is 16.6 Å². The quantitative estimate of drug-likeness (QED) is 0.299. The van der Waals surface area contributed by atoms with Crippen LogP contribution in [0, 0.1) is 0 Å².